The predicted octanol–water partition coefficient (Wildman–Crippen LogP) is 4.52. The largest absolute Gasteiger partial charge is 0.497 e. The van der Waals surface area contributed by atoms with E-state index in [-0.39, 0.29) is 17.8 Å². The van der Waals surface area contributed by atoms with Gasteiger partial charge in [0.05, 0.1) is 17.7 Å². The van der Waals surface area contributed by atoms with Crippen molar-refractivity contribution in [2.45, 2.75) is 11.3 Å². The summed E-state index contributed by atoms with van der Waals surface area (Å²) in [6, 6.07) is 14.9. The molecule has 2 aromatic carbocycles. The Morgan fingerprint density at radius 2 is 1.96 bits per heavy atom. The van der Waals surface area contributed by atoms with Crippen LogP contribution in [0.5, 0.6) is 5.75 Å². The Balaban J connectivity index is 1.50. The summed E-state index contributed by atoms with van der Waals surface area (Å²) in [5.41, 5.74) is 0.622. The normalized spacial score (nSPS) is 10.5. The number of rotatable bonds is 7. The topological polar surface area (TPSA) is 77.2 Å². The maximum absolute atomic E-state index is 12.0. The number of anilines is 1. The molecule has 134 valence electrons. The Bertz CT molecular complexity index is 883. The van der Waals surface area contributed by atoms with Gasteiger partial charge in [0.15, 0.2) is 0 Å². The van der Waals surface area contributed by atoms with Crippen molar-refractivity contribution < 1.29 is 13.9 Å². The molecule has 0 spiro atoms. The number of methoxy groups -OCH3 is 1. The zero-order chi connectivity index (χ0) is 18.4. The van der Waals surface area contributed by atoms with Crippen LogP contribution in [0.4, 0.5) is 6.01 Å². The summed E-state index contributed by atoms with van der Waals surface area (Å²) in [6.07, 6.45) is 0.320. The second-order valence-electron chi connectivity index (χ2n) is 5.21. The van der Waals surface area contributed by atoms with Crippen molar-refractivity contribution in [3.63, 3.8) is 0 Å². The van der Waals surface area contributed by atoms with Crippen LogP contribution >= 0.6 is 23.4 Å². The second kappa shape index (κ2) is 8.73. The smallest absolute Gasteiger partial charge is 0.322 e. The van der Waals surface area contributed by atoms with E-state index in [1.165, 1.54) is 0 Å². The number of thioether (sulfide) groups is 1. The molecule has 0 atom stereocenters. The van der Waals surface area contributed by atoms with E-state index in [1.54, 1.807) is 31.0 Å². The molecule has 3 rings (SSSR count). The first-order valence-corrected chi connectivity index (χ1v) is 9.17. The molecule has 0 aliphatic carbocycles. The lowest BCUT2D eigenvalue weighted by Crippen LogP contribution is -2.12. The van der Waals surface area contributed by atoms with Crippen LogP contribution in [-0.2, 0) is 4.79 Å². The summed E-state index contributed by atoms with van der Waals surface area (Å²) in [6.45, 7) is 0. The summed E-state index contributed by atoms with van der Waals surface area (Å²) in [5, 5.41) is 10.8. The lowest BCUT2D eigenvalue weighted by Gasteiger charge is -2.03. The number of nitrogens with one attached hydrogen (secondary N) is 1. The lowest BCUT2D eigenvalue weighted by molar-refractivity contribution is -0.115. The molecule has 1 aromatic heterocycles. The van der Waals surface area contributed by atoms with Crippen molar-refractivity contribution in [2.24, 2.45) is 0 Å². The Morgan fingerprint density at radius 1 is 1.19 bits per heavy atom. The van der Waals surface area contributed by atoms with Crippen LogP contribution in [0.1, 0.15) is 6.42 Å². The highest BCUT2D eigenvalue weighted by atomic mass is 35.5. The molecule has 6 nitrogen and oxygen atoms in total. The van der Waals surface area contributed by atoms with Crippen LogP contribution in [0, 0.1) is 0 Å². The van der Waals surface area contributed by atoms with Gasteiger partial charge >= 0.3 is 6.01 Å². The van der Waals surface area contributed by atoms with Gasteiger partial charge in [-0.05, 0) is 36.4 Å². The van der Waals surface area contributed by atoms with Crippen molar-refractivity contribution in [1.29, 1.82) is 0 Å². The van der Waals surface area contributed by atoms with E-state index < -0.39 is 0 Å². The van der Waals surface area contributed by atoms with E-state index in [0.29, 0.717) is 22.8 Å². The molecular weight excluding hydrogens is 374 g/mol. The molecule has 3 aromatic rings. The van der Waals surface area contributed by atoms with Crippen molar-refractivity contribution in [3.05, 3.63) is 53.6 Å². The fourth-order valence-electron chi connectivity index (χ4n) is 2.13. The number of carbonyl (C=O) groups is 1. The van der Waals surface area contributed by atoms with Gasteiger partial charge in [-0.3, -0.25) is 10.1 Å². The SMILES string of the molecule is COc1ccc(SCCC(=O)Nc2nnc(-c3ccccc3Cl)o2)cc1. The number of ether oxygens (including phenoxy) is 1. The van der Waals surface area contributed by atoms with Gasteiger partial charge in [-0.2, -0.15) is 0 Å². The quantitative estimate of drug-likeness (QED) is 0.598. The van der Waals surface area contributed by atoms with Gasteiger partial charge in [-0.25, -0.2) is 0 Å². The molecule has 0 fully saturated rings. The van der Waals surface area contributed by atoms with E-state index in [2.05, 4.69) is 15.5 Å². The molecule has 0 aliphatic rings. The summed E-state index contributed by atoms with van der Waals surface area (Å²) >= 11 is 7.68. The Kier molecular flexibility index (Phi) is 6.14. The van der Waals surface area contributed by atoms with Crippen LogP contribution in [-0.4, -0.2) is 29.0 Å². The zero-order valence-corrected chi connectivity index (χ0v) is 15.5. The van der Waals surface area contributed by atoms with Gasteiger partial charge < -0.3 is 9.15 Å². The van der Waals surface area contributed by atoms with E-state index in [0.717, 1.165) is 10.6 Å². The van der Waals surface area contributed by atoms with Crippen molar-refractivity contribution in [3.8, 4) is 17.2 Å². The third-order valence-corrected chi connectivity index (χ3v) is 4.78. The zero-order valence-electron chi connectivity index (χ0n) is 13.9. The summed E-state index contributed by atoms with van der Waals surface area (Å²) < 4.78 is 10.6. The number of amides is 1. The molecule has 0 radical (unpaired) electrons. The second-order valence-corrected chi connectivity index (χ2v) is 6.79. The molecule has 0 bridgehead atoms. The summed E-state index contributed by atoms with van der Waals surface area (Å²) in [5.74, 6) is 1.50. The number of halogens is 1. The monoisotopic (exact) mass is 389 g/mol. The molecular formula is C18H16ClN3O3S. The van der Waals surface area contributed by atoms with Crippen LogP contribution in [0.25, 0.3) is 11.5 Å². The summed E-state index contributed by atoms with van der Waals surface area (Å²) in [7, 11) is 1.63. The number of aromatic nitrogens is 2. The molecule has 0 aliphatic heterocycles. The molecule has 0 saturated carbocycles. The van der Waals surface area contributed by atoms with E-state index >= 15 is 0 Å². The molecule has 1 heterocycles. The lowest BCUT2D eigenvalue weighted by atomic mass is 10.2. The number of carbonyl (C=O) groups excluding carboxylic acids is 1. The van der Waals surface area contributed by atoms with Gasteiger partial charge in [0.2, 0.25) is 5.91 Å². The molecule has 26 heavy (non-hydrogen) atoms. The third kappa shape index (κ3) is 4.77. The first-order valence-electron chi connectivity index (χ1n) is 7.81. The first-order chi connectivity index (χ1) is 12.7. The van der Waals surface area contributed by atoms with Gasteiger partial charge in [-0.1, -0.05) is 28.8 Å². The number of nitrogens with zero attached hydrogens (tertiary/aromatic N) is 2. The minimum Gasteiger partial charge on any atom is -0.497 e. The van der Waals surface area contributed by atoms with Gasteiger partial charge in [0.1, 0.15) is 5.75 Å². The van der Waals surface area contributed by atoms with Crippen LogP contribution in [0.3, 0.4) is 0 Å². The molecule has 0 unspecified atom stereocenters. The van der Waals surface area contributed by atoms with Gasteiger partial charge in [0, 0.05) is 17.1 Å². The highest BCUT2D eigenvalue weighted by molar-refractivity contribution is 7.99. The van der Waals surface area contributed by atoms with Crippen LogP contribution in [0.15, 0.2) is 57.8 Å². The van der Waals surface area contributed by atoms with E-state index in [4.69, 9.17) is 20.8 Å². The Labute approximate surface area is 159 Å². The van der Waals surface area contributed by atoms with Crippen LogP contribution < -0.4 is 10.1 Å². The standard InChI is InChI=1S/C18H16ClN3O3S/c1-24-12-6-8-13(9-7-12)26-11-10-16(23)20-18-22-21-17(25-18)14-4-2-3-5-15(14)19/h2-9H,10-11H2,1H3,(H,20,22,23). The minimum absolute atomic E-state index is 0.0550. The summed E-state index contributed by atoms with van der Waals surface area (Å²) in [4.78, 5) is 13.1. The Morgan fingerprint density at radius 3 is 2.69 bits per heavy atom. The highest BCUT2D eigenvalue weighted by Crippen LogP contribution is 2.27. The molecule has 0 saturated heterocycles. The fraction of sp³-hybridized carbons (Fsp3) is 0.167. The third-order valence-electron chi connectivity index (χ3n) is 3.43. The average Bonchev–Trinajstić information content (AvgIpc) is 3.11. The number of hydrogen-bond acceptors (Lipinski definition) is 6. The van der Waals surface area contributed by atoms with Crippen LogP contribution in [0.2, 0.25) is 5.02 Å². The van der Waals surface area contributed by atoms with Crippen molar-refractivity contribution >= 4 is 35.3 Å². The first kappa shape index (κ1) is 18.3. The van der Waals surface area contributed by atoms with Gasteiger partial charge in [0.25, 0.3) is 5.89 Å². The van der Waals surface area contributed by atoms with Crippen molar-refractivity contribution in [1.82, 2.24) is 10.2 Å². The number of hydrogen-bond donors (Lipinski definition) is 1. The predicted molar refractivity (Wildman–Crippen MR) is 102 cm³/mol. The van der Waals surface area contributed by atoms with E-state index in [9.17, 15) is 4.79 Å². The highest BCUT2D eigenvalue weighted by Gasteiger charge is 2.13. The van der Waals surface area contributed by atoms with E-state index in [1.807, 2.05) is 36.4 Å². The fourth-order valence-corrected chi connectivity index (χ4v) is 3.20. The Hall–Kier alpha value is -2.51. The minimum atomic E-state index is -0.194. The number of benzene rings is 2. The molecule has 1 N–H and O–H groups in total. The van der Waals surface area contributed by atoms with Gasteiger partial charge in [-0.15, -0.1) is 16.9 Å². The average molecular weight is 390 g/mol. The van der Waals surface area contributed by atoms with Crippen molar-refractivity contribution in [2.75, 3.05) is 18.2 Å². The maximum Gasteiger partial charge on any atom is 0.322 e. The molecule has 8 heteroatoms. The maximum atomic E-state index is 12.0. The molecule has 1 amide bonds.